The standard InChI is InChI=1S/C24H22N2O6/c1-11-5-13(9-15(27)7-11)25-19(29)17-23(3,21(25)31)18-20(30)26(22(32)24(17,18)4)14-6-12(2)8-16(28)10-14/h5-10,17-18,27-28H,1-4H3. The first kappa shape index (κ1) is 20.2. The Kier molecular flexibility index (Phi) is 3.77. The summed E-state index contributed by atoms with van der Waals surface area (Å²) in [6, 6.07) is 8.85. The first-order valence-corrected chi connectivity index (χ1v) is 10.3. The van der Waals surface area contributed by atoms with Crippen molar-refractivity contribution in [1.29, 1.82) is 0 Å². The fourth-order valence-corrected chi connectivity index (χ4v) is 6.18. The molecule has 0 bridgehead atoms. The summed E-state index contributed by atoms with van der Waals surface area (Å²) >= 11 is 0. The van der Waals surface area contributed by atoms with Crippen molar-refractivity contribution < 1.29 is 29.4 Å². The van der Waals surface area contributed by atoms with Crippen LogP contribution in [0.25, 0.3) is 0 Å². The number of aromatic hydroxyl groups is 2. The number of phenolic OH excluding ortho intramolecular Hbond substituents is 2. The van der Waals surface area contributed by atoms with Crippen LogP contribution in [0.1, 0.15) is 25.0 Å². The van der Waals surface area contributed by atoms with E-state index in [0.29, 0.717) is 11.1 Å². The number of aryl methyl sites for hydroxylation is 2. The largest absolute Gasteiger partial charge is 0.508 e. The number of nitrogens with zero attached hydrogens (tertiary/aromatic N) is 2. The Morgan fingerprint density at radius 3 is 1.31 bits per heavy atom. The molecule has 5 rings (SSSR count). The average molecular weight is 434 g/mol. The van der Waals surface area contributed by atoms with E-state index < -0.39 is 46.3 Å². The van der Waals surface area contributed by atoms with E-state index in [4.69, 9.17) is 0 Å². The summed E-state index contributed by atoms with van der Waals surface area (Å²) in [6.07, 6.45) is 0. The Bertz CT molecular complexity index is 1120. The van der Waals surface area contributed by atoms with Crippen molar-refractivity contribution in [3.05, 3.63) is 47.5 Å². The molecule has 164 valence electrons. The predicted molar refractivity (Wildman–Crippen MR) is 114 cm³/mol. The lowest BCUT2D eigenvalue weighted by molar-refractivity contribution is -0.179. The van der Waals surface area contributed by atoms with Crippen LogP contribution in [-0.2, 0) is 19.2 Å². The lowest BCUT2D eigenvalue weighted by atomic mass is 9.41. The van der Waals surface area contributed by atoms with Gasteiger partial charge >= 0.3 is 0 Å². The highest BCUT2D eigenvalue weighted by Gasteiger charge is 2.85. The Morgan fingerprint density at radius 1 is 0.656 bits per heavy atom. The number of carbonyl (C=O) groups excluding carboxylic acids is 4. The highest BCUT2D eigenvalue weighted by Crippen LogP contribution is 2.71. The van der Waals surface area contributed by atoms with Gasteiger partial charge in [0.15, 0.2) is 0 Å². The summed E-state index contributed by atoms with van der Waals surface area (Å²) in [5, 5.41) is 19.9. The van der Waals surface area contributed by atoms with Crippen LogP contribution in [-0.4, -0.2) is 33.8 Å². The zero-order chi connectivity index (χ0) is 23.3. The second kappa shape index (κ2) is 5.97. The fraction of sp³-hybridized carbons (Fsp3) is 0.333. The highest BCUT2D eigenvalue weighted by molar-refractivity contribution is 6.34. The second-order valence-electron chi connectivity index (χ2n) is 9.44. The van der Waals surface area contributed by atoms with Gasteiger partial charge in [-0.2, -0.15) is 0 Å². The molecule has 0 unspecified atom stereocenters. The van der Waals surface area contributed by atoms with Crippen molar-refractivity contribution in [2.75, 3.05) is 9.80 Å². The average Bonchev–Trinajstić information content (AvgIpc) is 2.94. The summed E-state index contributed by atoms with van der Waals surface area (Å²) in [5.74, 6) is -4.43. The molecule has 2 saturated heterocycles. The molecule has 3 fully saturated rings. The Balaban J connectivity index is 1.61. The smallest absolute Gasteiger partial charge is 0.241 e. The molecule has 2 N–H and O–H groups in total. The van der Waals surface area contributed by atoms with E-state index in [1.165, 1.54) is 24.3 Å². The molecule has 4 amide bonds. The Morgan fingerprint density at radius 2 is 1.00 bits per heavy atom. The lowest BCUT2D eigenvalue weighted by Crippen LogP contribution is -2.65. The Hall–Kier alpha value is -3.68. The lowest BCUT2D eigenvalue weighted by Gasteiger charge is -2.53. The molecule has 2 aliphatic heterocycles. The number of imide groups is 2. The number of amides is 4. The SMILES string of the molecule is Cc1cc(O)cc(N2C(=O)C3C(C)(C2=O)C2C(=O)N(c4cc(C)cc(O)c4)C(=O)C32C)c1. The van der Waals surface area contributed by atoms with Gasteiger partial charge in [0, 0.05) is 12.1 Å². The zero-order valence-electron chi connectivity index (χ0n) is 18.0. The van der Waals surface area contributed by atoms with E-state index in [-0.39, 0.29) is 22.9 Å². The van der Waals surface area contributed by atoms with Crippen molar-refractivity contribution in [2.24, 2.45) is 22.7 Å². The topological polar surface area (TPSA) is 115 Å². The number of benzene rings is 2. The number of carbonyl (C=O) groups is 4. The van der Waals surface area contributed by atoms with Crippen molar-refractivity contribution in [2.45, 2.75) is 27.7 Å². The quantitative estimate of drug-likeness (QED) is 0.702. The summed E-state index contributed by atoms with van der Waals surface area (Å²) in [6.45, 7) is 6.57. The Labute approximate surface area is 184 Å². The molecule has 0 radical (unpaired) electrons. The predicted octanol–water partition coefficient (Wildman–Crippen LogP) is 2.42. The minimum atomic E-state index is -1.38. The first-order chi connectivity index (χ1) is 14.9. The molecule has 0 aromatic heterocycles. The van der Waals surface area contributed by atoms with Crippen LogP contribution >= 0.6 is 0 Å². The van der Waals surface area contributed by atoms with Crippen LogP contribution in [0.2, 0.25) is 0 Å². The second-order valence-corrected chi connectivity index (χ2v) is 9.44. The molecular formula is C24H22N2O6. The van der Waals surface area contributed by atoms with E-state index in [1.54, 1.807) is 39.8 Å². The number of fused-ring (bicyclic) bond motifs is 4. The van der Waals surface area contributed by atoms with Crippen LogP contribution in [0.15, 0.2) is 36.4 Å². The van der Waals surface area contributed by atoms with Gasteiger partial charge in [0.2, 0.25) is 23.6 Å². The molecule has 8 heteroatoms. The van der Waals surface area contributed by atoms with Crippen molar-refractivity contribution in [3.8, 4) is 11.5 Å². The molecule has 2 aromatic rings. The highest BCUT2D eigenvalue weighted by atomic mass is 16.3. The van der Waals surface area contributed by atoms with Gasteiger partial charge in [0.25, 0.3) is 0 Å². The van der Waals surface area contributed by atoms with Crippen molar-refractivity contribution in [3.63, 3.8) is 0 Å². The number of hydrogen-bond donors (Lipinski definition) is 2. The van der Waals surface area contributed by atoms with Gasteiger partial charge < -0.3 is 10.2 Å². The van der Waals surface area contributed by atoms with Gasteiger partial charge in [-0.1, -0.05) is 0 Å². The van der Waals surface area contributed by atoms with Crippen molar-refractivity contribution >= 4 is 35.0 Å². The summed E-state index contributed by atoms with van der Waals surface area (Å²) in [7, 11) is 0. The molecule has 2 aromatic carbocycles. The molecule has 0 atom stereocenters. The first-order valence-electron chi connectivity index (χ1n) is 10.3. The number of rotatable bonds is 2. The van der Waals surface area contributed by atoms with Crippen LogP contribution in [0.5, 0.6) is 11.5 Å². The van der Waals surface area contributed by atoms with Crippen molar-refractivity contribution in [1.82, 2.24) is 0 Å². The summed E-state index contributed by atoms with van der Waals surface area (Å²) < 4.78 is 0. The zero-order valence-corrected chi connectivity index (χ0v) is 18.0. The third-order valence-corrected chi connectivity index (χ3v) is 7.27. The molecule has 32 heavy (non-hydrogen) atoms. The summed E-state index contributed by atoms with van der Waals surface area (Å²) in [5.41, 5.74) is -0.995. The molecule has 2 heterocycles. The molecule has 1 saturated carbocycles. The van der Waals surface area contributed by atoms with Gasteiger partial charge in [0.05, 0.1) is 34.0 Å². The summed E-state index contributed by atoms with van der Waals surface area (Å²) in [4.78, 5) is 55.9. The van der Waals surface area contributed by atoms with Gasteiger partial charge in [-0.15, -0.1) is 0 Å². The van der Waals surface area contributed by atoms with Gasteiger partial charge in [-0.05, 0) is 63.1 Å². The van der Waals surface area contributed by atoms with Crippen LogP contribution in [0, 0.1) is 36.5 Å². The monoisotopic (exact) mass is 434 g/mol. The van der Waals surface area contributed by atoms with Crippen LogP contribution < -0.4 is 9.80 Å². The minimum absolute atomic E-state index is 0.0889. The molecule has 3 aliphatic rings. The minimum Gasteiger partial charge on any atom is -0.508 e. The van der Waals surface area contributed by atoms with Gasteiger partial charge in [0.1, 0.15) is 11.5 Å². The van der Waals surface area contributed by atoms with Gasteiger partial charge in [-0.3, -0.25) is 19.2 Å². The molecule has 0 spiro atoms. The van der Waals surface area contributed by atoms with E-state index in [2.05, 4.69) is 0 Å². The maximum Gasteiger partial charge on any atom is 0.241 e. The third kappa shape index (κ3) is 2.16. The van der Waals surface area contributed by atoms with Gasteiger partial charge in [-0.25, -0.2) is 9.80 Å². The third-order valence-electron chi connectivity index (χ3n) is 7.27. The molecule has 1 aliphatic carbocycles. The number of phenols is 2. The maximum atomic E-state index is 13.5. The van der Waals surface area contributed by atoms with Crippen LogP contribution in [0.4, 0.5) is 11.4 Å². The fourth-order valence-electron chi connectivity index (χ4n) is 6.18. The number of anilines is 2. The van der Waals surface area contributed by atoms with E-state index in [1.807, 2.05) is 0 Å². The van der Waals surface area contributed by atoms with E-state index in [0.717, 1.165) is 9.80 Å². The molecular weight excluding hydrogens is 412 g/mol. The van der Waals surface area contributed by atoms with E-state index >= 15 is 0 Å². The van der Waals surface area contributed by atoms with E-state index in [9.17, 15) is 29.4 Å². The number of hydrogen-bond acceptors (Lipinski definition) is 6. The molecule has 8 nitrogen and oxygen atoms in total. The van der Waals surface area contributed by atoms with Crippen LogP contribution in [0.3, 0.4) is 0 Å². The normalized spacial score (nSPS) is 31.1. The maximum absolute atomic E-state index is 13.5.